The van der Waals surface area contributed by atoms with Crippen molar-refractivity contribution in [3.8, 4) is 0 Å². The van der Waals surface area contributed by atoms with Crippen LogP contribution < -0.4 is 0 Å². The number of hydrogen-bond donors (Lipinski definition) is 0. The van der Waals surface area contributed by atoms with E-state index in [0.717, 1.165) is 0 Å². The van der Waals surface area contributed by atoms with E-state index in [0.29, 0.717) is 0 Å². The van der Waals surface area contributed by atoms with Crippen molar-refractivity contribution in [2.75, 3.05) is 0 Å². The van der Waals surface area contributed by atoms with E-state index in [4.69, 9.17) is 0 Å². The first-order valence-electron chi connectivity index (χ1n) is 0. The Balaban J connectivity index is 0. The van der Waals surface area contributed by atoms with Crippen molar-refractivity contribution in [3.63, 3.8) is 0 Å². The van der Waals surface area contributed by atoms with Gasteiger partial charge in [0, 0.05) is 80.8 Å². The number of hydrogen-bond acceptors (Lipinski definition) is 0. The smallest absolute Gasteiger partial charge is 0 e. The standard InChI is InChI=1S/Cu.Fe.Mn.Na. The maximum absolute atomic E-state index is 0. The topological polar surface area (TPSA) is 0 Å². The third-order valence-corrected chi connectivity index (χ3v) is 0. The van der Waals surface area contributed by atoms with E-state index in [1.165, 1.54) is 0 Å². The molecule has 0 aromatic carbocycles. The van der Waals surface area contributed by atoms with Crippen LogP contribution in [0.1, 0.15) is 0 Å². The Morgan fingerprint density at radius 1 is 1.00 bits per heavy atom. The Morgan fingerprint density at radius 2 is 1.00 bits per heavy atom. The molecule has 0 rings (SSSR count). The molecule has 27 valence electrons. The molecule has 4 heavy (non-hydrogen) atoms. The van der Waals surface area contributed by atoms with E-state index in [1.54, 1.807) is 0 Å². The Kier molecular flexibility index (Phi) is 137. The molecule has 0 aliphatic carbocycles. The molecule has 0 fully saturated rings. The average molecular weight is 197 g/mol. The SMILES string of the molecule is [Cu].[Fe].[Mn].[Na]. The Morgan fingerprint density at radius 3 is 1.00 bits per heavy atom. The van der Waals surface area contributed by atoms with Crippen LogP contribution in [-0.4, -0.2) is 29.6 Å². The van der Waals surface area contributed by atoms with Gasteiger partial charge in [0.15, 0.2) is 0 Å². The van der Waals surface area contributed by atoms with Gasteiger partial charge in [-0.05, 0) is 0 Å². The van der Waals surface area contributed by atoms with Crippen molar-refractivity contribution in [2.24, 2.45) is 0 Å². The van der Waals surface area contributed by atoms with Gasteiger partial charge in [-0.15, -0.1) is 0 Å². The minimum Gasteiger partial charge on any atom is 0 e. The summed E-state index contributed by atoms with van der Waals surface area (Å²) in [5.41, 5.74) is 0. The second-order valence-corrected chi connectivity index (χ2v) is 0. The molecule has 0 unspecified atom stereocenters. The van der Waals surface area contributed by atoms with Crippen LogP contribution in [0.2, 0.25) is 0 Å². The van der Waals surface area contributed by atoms with Crippen LogP contribution in [0.5, 0.6) is 0 Å². The second-order valence-electron chi connectivity index (χ2n) is 0. The van der Waals surface area contributed by atoms with E-state index < -0.39 is 0 Å². The summed E-state index contributed by atoms with van der Waals surface area (Å²) in [5.74, 6) is 0. The van der Waals surface area contributed by atoms with Gasteiger partial charge in [-0.25, -0.2) is 0 Å². The summed E-state index contributed by atoms with van der Waals surface area (Å²) in [5, 5.41) is 0. The maximum Gasteiger partial charge on any atom is 0 e. The molecular formula is CuFeMnNa. The van der Waals surface area contributed by atoms with Crippen LogP contribution in [0.25, 0.3) is 0 Å². The molecule has 0 saturated heterocycles. The van der Waals surface area contributed by atoms with Gasteiger partial charge in [-0.3, -0.25) is 0 Å². The number of rotatable bonds is 0. The first kappa shape index (κ1) is 31.0. The summed E-state index contributed by atoms with van der Waals surface area (Å²) in [6, 6.07) is 0. The van der Waals surface area contributed by atoms with Gasteiger partial charge in [0.1, 0.15) is 0 Å². The minimum atomic E-state index is 0. The second kappa shape index (κ2) is 17.6. The van der Waals surface area contributed by atoms with E-state index in [-0.39, 0.29) is 80.8 Å². The molecule has 0 saturated carbocycles. The minimum absolute atomic E-state index is 0. The molecule has 0 N–H and O–H groups in total. The van der Waals surface area contributed by atoms with Crippen molar-refractivity contribution in [1.29, 1.82) is 0 Å². The average Bonchev–Trinajstić information content (AvgIpc) is 0. The van der Waals surface area contributed by atoms with Gasteiger partial charge in [0.05, 0.1) is 0 Å². The Labute approximate surface area is 79.6 Å². The molecule has 0 amide bonds. The predicted octanol–water partition coefficient (Wildman–Crippen LogP) is -0.388. The van der Waals surface area contributed by atoms with Gasteiger partial charge in [-0.2, -0.15) is 0 Å². The largest absolute Gasteiger partial charge is 0 e. The van der Waals surface area contributed by atoms with Crippen molar-refractivity contribution in [1.82, 2.24) is 0 Å². The normalized spacial score (nSPS) is 0. The van der Waals surface area contributed by atoms with Crippen LogP contribution in [-0.2, 0) is 51.2 Å². The van der Waals surface area contributed by atoms with E-state index >= 15 is 0 Å². The third kappa shape index (κ3) is 8.82. The van der Waals surface area contributed by atoms with Crippen molar-refractivity contribution >= 4 is 29.6 Å². The van der Waals surface area contributed by atoms with Gasteiger partial charge >= 0.3 is 0 Å². The monoisotopic (exact) mass is 197 g/mol. The van der Waals surface area contributed by atoms with Crippen LogP contribution in [0.3, 0.4) is 0 Å². The summed E-state index contributed by atoms with van der Waals surface area (Å²) in [4.78, 5) is 0. The Hall–Kier alpha value is 2.56. The van der Waals surface area contributed by atoms with Crippen LogP contribution in [0.15, 0.2) is 0 Å². The molecule has 3 radical (unpaired) electrons. The molecule has 0 bridgehead atoms. The zero-order valence-corrected chi connectivity index (χ0v) is 7.26. The van der Waals surface area contributed by atoms with Crippen LogP contribution in [0, 0.1) is 0 Å². The van der Waals surface area contributed by atoms with Gasteiger partial charge < -0.3 is 0 Å². The molecule has 0 atom stereocenters. The molecule has 0 nitrogen and oxygen atoms in total. The summed E-state index contributed by atoms with van der Waals surface area (Å²) >= 11 is 0. The fraction of sp³-hybridized carbons (Fsp3) is 0. The quantitative estimate of drug-likeness (QED) is 0.464. The van der Waals surface area contributed by atoms with E-state index in [2.05, 4.69) is 0 Å². The van der Waals surface area contributed by atoms with Crippen LogP contribution >= 0.6 is 0 Å². The van der Waals surface area contributed by atoms with E-state index in [9.17, 15) is 0 Å². The molecule has 0 aromatic rings. The van der Waals surface area contributed by atoms with Crippen molar-refractivity contribution in [3.05, 3.63) is 0 Å². The summed E-state index contributed by atoms with van der Waals surface area (Å²) in [6.45, 7) is 0. The molecule has 0 aromatic heterocycles. The molecular weight excluding hydrogens is 197 g/mol. The Bertz CT molecular complexity index is 8.00. The first-order chi connectivity index (χ1) is 0. The fourth-order valence-electron chi connectivity index (χ4n) is 0. The molecule has 0 heterocycles. The summed E-state index contributed by atoms with van der Waals surface area (Å²) in [7, 11) is 0. The molecule has 4 heteroatoms. The zero-order chi connectivity index (χ0) is 0. The summed E-state index contributed by atoms with van der Waals surface area (Å²) < 4.78 is 0. The predicted molar refractivity (Wildman–Crippen MR) is 5.75 cm³/mol. The van der Waals surface area contributed by atoms with Gasteiger partial charge in [0.2, 0.25) is 0 Å². The summed E-state index contributed by atoms with van der Waals surface area (Å²) in [6.07, 6.45) is 0. The molecule has 0 aliphatic heterocycles. The van der Waals surface area contributed by atoms with Gasteiger partial charge in [-0.1, -0.05) is 0 Å². The van der Waals surface area contributed by atoms with Gasteiger partial charge in [0.25, 0.3) is 0 Å². The maximum atomic E-state index is 0. The molecule has 0 aliphatic rings. The zero-order valence-electron chi connectivity index (χ0n) is 2.03. The molecule has 0 spiro atoms. The third-order valence-electron chi connectivity index (χ3n) is 0. The first-order valence-corrected chi connectivity index (χ1v) is 0. The van der Waals surface area contributed by atoms with Crippen molar-refractivity contribution < 1.29 is 51.2 Å². The fourth-order valence-corrected chi connectivity index (χ4v) is 0. The van der Waals surface area contributed by atoms with Crippen molar-refractivity contribution in [2.45, 2.75) is 0 Å². The van der Waals surface area contributed by atoms with E-state index in [1.807, 2.05) is 0 Å². The van der Waals surface area contributed by atoms with Crippen LogP contribution in [0.4, 0.5) is 0 Å².